The van der Waals surface area contributed by atoms with Gasteiger partial charge in [-0.1, -0.05) is 71.4 Å². The Bertz CT molecular complexity index is 975. The molecule has 2 aromatic rings. The number of allylic oxidation sites excluding steroid dienone is 1. The number of methoxy groups -OCH3 is 1. The molecule has 1 aliphatic carbocycles. The lowest BCUT2D eigenvalue weighted by Crippen LogP contribution is -2.34. The topological polar surface area (TPSA) is 26.3 Å². The minimum Gasteiger partial charge on any atom is -0.465 e. The molecule has 2 heteroatoms. The number of carbonyl (C=O) groups is 1. The molecule has 0 radical (unpaired) electrons. The Labute approximate surface area is 188 Å². The van der Waals surface area contributed by atoms with E-state index in [0.29, 0.717) is 5.56 Å². The molecule has 0 saturated heterocycles. The lowest BCUT2D eigenvalue weighted by Gasteiger charge is -2.42. The SMILES string of the molecule is CCCCc1cc2c(cc1/C(C)=C/c1ccc(C(=O)OC)cc1)C(C)(C)CCC2(C)C. The normalized spacial score (nSPS) is 17.2. The highest BCUT2D eigenvalue weighted by Crippen LogP contribution is 2.47. The molecular formula is C29H38O2. The van der Waals surface area contributed by atoms with E-state index in [4.69, 9.17) is 4.74 Å². The quantitative estimate of drug-likeness (QED) is 0.354. The van der Waals surface area contributed by atoms with Crippen molar-refractivity contribution in [1.29, 1.82) is 0 Å². The molecule has 0 spiro atoms. The van der Waals surface area contributed by atoms with Crippen LogP contribution in [-0.4, -0.2) is 13.1 Å². The fraction of sp³-hybridized carbons (Fsp3) is 0.483. The van der Waals surface area contributed by atoms with Gasteiger partial charge >= 0.3 is 5.97 Å². The van der Waals surface area contributed by atoms with E-state index in [1.807, 2.05) is 24.3 Å². The Kier molecular flexibility index (Phi) is 6.79. The molecular weight excluding hydrogens is 380 g/mol. The highest BCUT2D eigenvalue weighted by Gasteiger charge is 2.37. The van der Waals surface area contributed by atoms with Crippen molar-refractivity contribution < 1.29 is 9.53 Å². The molecule has 31 heavy (non-hydrogen) atoms. The van der Waals surface area contributed by atoms with E-state index in [-0.39, 0.29) is 16.8 Å². The third-order valence-corrected chi connectivity index (χ3v) is 7.02. The monoisotopic (exact) mass is 418 g/mol. The number of fused-ring (bicyclic) bond motifs is 1. The van der Waals surface area contributed by atoms with E-state index in [2.05, 4.69) is 59.8 Å². The largest absolute Gasteiger partial charge is 0.465 e. The number of ether oxygens (including phenoxy) is 1. The van der Waals surface area contributed by atoms with Gasteiger partial charge in [-0.15, -0.1) is 0 Å². The zero-order chi connectivity index (χ0) is 22.8. The number of hydrogen-bond donors (Lipinski definition) is 0. The van der Waals surface area contributed by atoms with E-state index in [9.17, 15) is 4.79 Å². The summed E-state index contributed by atoms with van der Waals surface area (Å²) in [6.07, 6.45) is 8.21. The second-order valence-electron chi connectivity index (χ2n) is 10.4. The Morgan fingerprint density at radius 2 is 1.58 bits per heavy atom. The average molecular weight is 419 g/mol. The highest BCUT2D eigenvalue weighted by atomic mass is 16.5. The van der Waals surface area contributed by atoms with Gasteiger partial charge in [0.05, 0.1) is 12.7 Å². The molecule has 2 aromatic carbocycles. The standard InChI is InChI=1S/C29H38O2/c1-8-9-10-23-18-25-26(29(5,6)16-15-28(25,3)4)19-24(23)20(2)17-21-11-13-22(14-12-21)27(30)31-7/h11-14,17-19H,8-10,15-16H2,1-7H3/b20-17+. The van der Waals surface area contributed by atoms with Crippen molar-refractivity contribution in [1.82, 2.24) is 0 Å². The number of benzene rings is 2. The molecule has 0 aliphatic heterocycles. The number of rotatable bonds is 6. The molecule has 2 nitrogen and oxygen atoms in total. The van der Waals surface area contributed by atoms with Gasteiger partial charge in [0.15, 0.2) is 0 Å². The van der Waals surface area contributed by atoms with Gasteiger partial charge in [0.1, 0.15) is 0 Å². The first-order valence-electron chi connectivity index (χ1n) is 11.6. The maximum absolute atomic E-state index is 11.7. The summed E-state index contributed by atoms with van der Waals surface area (Å²) >= 11 is 0. The average Bonchev–Trinajstić information content (AvgIpc) is 2.75. The number of aryl methyl sites for hydroxylation is 1. The molecule has 0 atom stereocenters. The molecule has 1 aliphatic rings. The number of hydrogen-bond acceptors (Lipinski definition) is 2. The van der Waals surface area contributed by atoms with Crippen molar-refractivity contribution in [3.63, 3.8) is 0 Å². The lowest BCUT2D eigenvalue weighted by molar-refractivity contribution is 0.0600. The Balaban J connectivity index is 2.08. The zero-order valence-corrected chi connectivity index (χ0v) is 20.4. The summed E-state index contributed by atoms with van der Waals surface area (Å²) in [6, 6.07) is 12.7. The summed E-state index contributed by atoms with van der Waals surface area (Å²) in [5.74, 6) is -0.298. The molecule has 0 heterocycles. The molecule has 0 bridgehead atoms. The van der Waals surface area contributed by atoms with Crippen LogP contribution in [0.4, 0.5) is 0 Å². The molecule has 0 saturated carbocycles. The van der Waals surface area contributed by atoms with Gasteiger partial charge in [0, 0.05) is 0 Å². The molecule has 166 valence electrons. The van der Waals surface area contributed by atoms with Gasteiger partial charge in [-0.25, -0.2) is 4.79 Å². The van der Waals surface area contributed by atoms with Crippen LogP contribution in [0.1, 0.15) is 105 Å². The van der Waals surface area contributed by atoms with Crippen molar-refractivity contribution in [2.45, 2.75) is 84.5 Å². The predicted molar refractivity (Wildman–Crippen MR) is 132 cm³/mol. The fourth-order valence-corrected chi connectivity index (χ4v) is 4.76. The minimum absolute atomic E-state index is 0.200. The molecule has 0 aromatic heterocycles. The van der Waals surface area contributed by atoms with E-state index in [0.717, 1.165) is 12.0 Å². The summed E-state index contributed by atoms with van der Waals surface area (Å²) in [5.41, 5.74) is 9.27. The van der Waals surface area contributed by atoms with Crippen LogP contribution in [0.15, 0.2) is 36.4 Å². The summed E-state index contributed by atoms with van der Waals surface area (Å²) in [4.78, 5) is 11.7. The van der Waals surface area contributed by atoms with Gasteiger partial charge in [0.25, 0.3) is 0 Å². The van der Waals surface area contributed by atoms with Crippen LogP contribution in [-0.2, 0) is 22.0 Å². The lowest BCUT2D eigenvalue weighted by atomic mass is 9.62. The van der Waals surface area contributed by atoms with Crippen LogP contribution in [0.5, 0.6) is 0 Å². The molecule has 0 unspecified atom stereocenters. The van der Waals surface area contributed by atoms with Gasteiger partial charge < -0.3 is 4.74 Å². The van der Waals surface area contributed by atoms with Crippen LogP contribution >= 0.6 is 0 Å². The molecule has 0 amide bonds. The Morgan fingerprint density at radius 1 is 1.00 bits per heavy atom. The van der Waals surface area contributed by atoms with E-state index < -0.39 is 0 Å². The van der Waals surface area contributed by atoms with Crippen LogP contribution in [0.25, 0.3) is 11.6 Å². The van der Waals surface area contributed by atoms with Gasteiger partial charge in [0.2, 0.25) is 0 Å². The second-order valence-corrected chi connectivity index (χ2v) is 10.4. The maximum Gasteiger partial charge on any atom is 0.337 e. The fourth-order valence-electron chi connectivity index (χ4n) is 4.76. The third kappa shape index (κ3) is 4.95. The number of carbonyl (C=O) groups excluding carboxylic acids is 1. The van der Waals surface area contributed by atoms with Crippen molar-refractivity contribution in [2.24, 2.45) is 0 Å². The molecule has 0 N–H and O–H groups in total. The van der Waals surface area contributed by atoms with Crippen LogP contribution in [0.2, 0.25) is 0 Å². The summed E-state index contributed by atoms with van der Waals surface area (Å²) in [5, 5.41) is 0. The van der Waals surface area contributed by atoms with Gasteiger partial charge in [-0.2, -0.15) is 0 Å². The van der Waals surface area contributed by atoms with Crippen molar-refractivity contribution in [3.8, 4) is 0 Å². The summed E-state index contributed by atoms with van der Waals surface area (Å²) < 4.78 is 4.81. The summed E-state index contributed by atoms with van der Waals surface area (Å²) in [7, 11) is 1.41. The summed E-state index contributed by atoms with van der Waals surface area (Å²) in [6.45, 7) is 14.1. The van der Waals surface area contributed by atoms with Crippen molar-refractivity contribution >= 4 is 17.6 Å². The molecule has 3 rings (SSSR count). The van der Waals surface area contributed by atoms with Crippen molar-refractivity contribution in [3.05, 3.63) is 69.8 Å². The third-order valence-electron chi connectivity index (χ3n) is 7.02. The second kappa shape index (κ2) is 9.02. The smallest absolute Gasteiger partial charge is 0.337 e. The van der Waals surface area contributed by atoms with Crippen LogP contribution in [0, 0.1) is 0 Å². The van der Waals surface area contributed by atoms with E-state index in [1.165, 1.54) is 60.6 Å². The minimum atomic E-state index is -0.298. The first-order chi connectivity index (χ1) is 14.6. The first kappa shape index (κ1) is 23.3. The molecule has 0 fully saturated rings. The van der Waals surface area contributed by atoms with Crippen LogP contribution < -0.4 is 0 Å². The van der Waals surface area contributed by atoms with E-state index >= 15 is 0 Å². The van der Waals surface area contributed by atoms with Gasteiger partial charge in [-0.05, 0) is 89.0 Å². The first-order valence-corrected chi connectivity index (χ1v) is 11.6. The maximum atomic E-state index is 11.7. The van der Waals surface area contributed by atoms with Gasteiger partial charge in [-0.3, -0.25) is 0 Å². The Morgan fingerprint density at radius 3 is 2.13 bits per heavy atom. The predicted octanol–water partition coefficient (Wildman–Crippen LogP) is 7.73. The van der Waals surface area contributed by atoms with E-state index in [1.54, 1.807) is 0 Å². The van der Waals surface area contributed by atoms with Crippen molar-refractivity contribution in [2.75, 3.05) is 7.11 Å². The highest BCUT2D eigenvalue weighted by molar-refractivity contribution is 5.90. The zero-order valence-electron chi connectivity index (χ0n) is 20.4. The number of unbranched alkanes of at least 4 members (excludes halogenated alkanes) is 1. The Hall–Kier alpha value is -2.35. The van der Waals surface area contributed by atoms with Crippen LogP contribution in [0.3, 0.4) is 0 Å². The number of esters is 1.